The minimum atomic E-state index is -1.93. The average Bonchev–Trinajstić information content (AvgIpc) is 3.08. The van der Waals surface area contributed by atoms with Crippen molar-refractivity contribution in [3.63, 3.8) is 0 Å². The lowest BCUT2D eigenvalue weighted by atomic mass is 10.1. The second kappa shape index (κ2) is 7.05. The van der Waals surface area contributed by atoms with Gasteiger partial charge in [-0.05, 0) is 50.5 Å². The van der Waals surface area contributed by atoms with Crippen molar-refractivity contribution in [2.24, 2.45) is 4.74 Å². The average molecular weight is 355 g/mol. The Kier molecular flexibility index (Phi) is 5.18. The summed E-state index contributed by atoms with van der Waals surface area (Å²) in [4.78, 5) is 4.26. The SMILES string of the molecule is Cc1ccc(N=P(c2ccncc2)(N2CCCC2)C(C)(C)C)c(C)c1. The van der Waals surface area contributed by atoms with Gasteiger partial charge >= 0.3 is 0 Å². The van der Waals surface area contributed by atoms with Crippen molar-refractivity contribution in [3.8, 4) is 0 Å². The van der Waals surface area contributed by atoms with Crippen molar-refractivity contribution in [2.45, 2.75) is 52.6 Å². The van der Waals surface area contributed by atoms with Gasteiger partial charge in [-0.25, -0.2) is 4.74 Å². The van der Waals surface area contributed by atoms with E-state index in [-0.39, 0.29) is 5.16 Å². The summed E-state index contributed by atoms with van der Waals surface area (Å²) in [6.45, 7) is 13.7. The van der Waals surface area contributed by atoms with Crippen molar-refractivity contribution in [1.82, 2.24) is 9.65 Å². The number of hydrogen-bond donors (Lipinski definition) is 0. The molecule has 1 aliphatic rings. The van der Waals surface area contributed by atoms with Crippen molar-refractivity contribution in [1.29, 1.82) is 0 Å². The zero-order chi connectivity index (χ0) is 18.1. The van der Waals surface area contributed by atoms with E-state index >= 15 is 0 Å². The highest BCUT2D eigenvalue weighted by Crippen LogP contribution is 2.65. The maximum absolute atomic E-state index is 5.56. The maximum Gasteiger partial charge on any atom is 0.0721 e. The predicted molar refractivity (Wildman–Crippen MR) is 109 cm³/mol. The number of nitrogens with zero attached hydrogens (tertiary/aromatic N) is 3. The van der Waals surface area contributed by atoms with Crippen LogP contribution in [0.2, 0.25) is 0 Å². The molecule has 0 saturated carbocycles. The molecule has 1 atom stereocenters. The summed E-state index contributed by atoms with van der Waals surface area (Å²) in [5, 5.41) is 1.41. The van der Waals surface area contributed by atoms with E-state index in [9.17, 15) is 0 Å². The molecule has 0 bridgehead atoms. The van der Waals surface area contributed by atoms with E-state index in [2.05, 4.69) is 74.6 Å². The standard InChI is InChI=1S/C21H30N3P/c1-17-8-9-20(18(2)16-17)23-25(21(3,4)5,24-14-6-7-15-24)19-10-12-22-13-11-19/h8-13,16H,6-7,14-15H2,1-5H3. The Bertz CT molecular complexity index is 785. The van der Waals surface area contributed by atoms with E-state index in [1.807, 2.05) is 12.4 Å². The molecule has 25 heavy (non-hydrogen) atoms. The van der Waals surface area contributed by atoms with Gasteiger partial charge in [0.05, 0.1) is 12.9 Å². The summed E-state index contributed by atoms with van der Waals surface area (Å²) in [6, 6.07) is 11.0. The monoisotopic (exact) mass is 355 g/mol. The first-order chi connectivity index (χ1) is 11.8. The van der Waals surface area contributed by atoms with E-state index in [4.69, 9.17) is 4.74 Å². The highest BCUT2D eigenvalue weighted by Gasteiger charge is 2.42. The van der Waals surface area contributed by atoms with Gasteiger partial charge < -0.3 is 0 Å². The Morgan fingerprint density at radius 2 is 1.64 bits per heavy atom. The van der Waals surface area contributed by atoms with Crippen LogP contribution in [0.1, 0.15) is 44.7 Å². The van der Waals surface area contributed by atoms with Crippen molar-refractivity contribution >= 4 is 18.2 Å². The largest absolute Gasteiger partial charge is 0.265 e. The predicted octanol–water partition coefficient (Wildman–Crippen LogP) is 5.67. The van der Waals surface area contributed by atoms with Crippen molar-refractivity contribution in [2.75, 3.05) is 13.1 Å². The third-order valence-electron chi connectivity index (χ3n) is 5.05. The number of aromatic nitrogens is 1. The second-order valence-electron chi connectivity index (χ2n) is 8.03. The Morgan fingerprint density at radius 3 is 2.20 bits per heavy atom. The van der Waals surface area contributed by atoms with Gasteiger partial charge in [0, 0.05) is 35.9 Å². The van der Waals surface area contributed by atoms with Crippen molar-refractivity contribution in [3.05, 3.63) is 53.9 Å². The molecule has 0 N–H and O–H groups in total. The highest BCUT2D eigenvalue weighted by molar-refractivity contribution is 7.73. The van der Waals surface area contributed by atoms with Gasteiger partial charge in [-0.3, -0.25) is 9.65 Å². The number of hydrogen-bond acceptors (Lipinski definition) is 2. The molecular weight excluding hydrogens is 325 g/mol. The van der Waals surface area contributed by atoms with Crippen LogP contribution in [0.15, 0.2) is 47.5 Å². The Labute approximate surface area is 152 Å². The van der Waals surface area contributed by atoms with E-state index in [1.54, 1.807) is 0 Å². The molecule has 3 rings (SSSR count). The first-order valence-corrected chi connectivity index (χ1v) is 10.9. The Balaban J connectivity index is 2.32. The summed E-state index contributed by atoms with van der Waals surface area (Å²) >= 11 is 0. The second-order valence-corrected chi connectivity index (χ2v) is 11.9. The van der Waals surface area contributed by atoms with Gasteiger partial charge in [0.2, 0.25) is 0 Å². The third kappa shape index (κ3) is 3.45. The zero-order valence-electron chi connectivity index (χ0n) is 16.2. The maximum atomic E-state index is 5.56. The summed E-state index contributed by atoms with van der Waals surface area (Å²) < 4.78 is 8.25. The molecule has 1 aliphatic heterocycles. The Hall–Kier alpha value is -1.44. The molecule has 3 nitrogen and oxygen atoms in total. The molecule has 2 heterocycles. The molecule has 4 heteroatoms. The molecule has 2 aromatic rings. The Morgan fingerprint density at radius 1 is 1.00 bits per heavy atom. The van der Waals surface area contributed by atoms with E-state index in [1.165, 1.54) is 29.3 Å². The van der Waals surface area contributed by atoms with Crippen LogP contribution >= 0.6 is 7.21 Å². The molecule has 1 aromatic carbocycles. The lowest BCUT2D eigenvalue weighted by Gasteiger charge is -2.44. The summed E-state index contributed by atoms with van der Waals surface area (Å²) in [6.07, 6.45) is 6.38. The van der Waals surface area contributed by atoms with Gasteiger partial charge in [-0.15, -0.1) is 0 Å². The smallest absolute Gasteiger partial charge is 0.0721 e. The molecule has 0 spiro atoms. The van der Waals surface area contributed by atoms with Crippen LogP contribution in [-0.4, -0.2) is 27.9 Å². The number of rotatable bonds is 3. The molecule has 1 fully saturated rings. The first kappa shape index (κ1) is 18.4. The fourth-order valence-electron chi connectivity index (χ4n) is 3.86. The van der Waals surface area contributed by atoms with E-state index in [0.29, 0.717) is 0 Å². The highest BCUT2D eigenvalue weighted by atomic mass is 31.2. The fourth-order valence-corrected chi connectivity index (χ4v) is 8.30. The van der Waals surface area contributed by atoms with Gasteiger partial charge in [0.1, 0.15) is 0 Å². The summed E-state index contributed by atoms with van der Waals surface area (Å²) in [5.74, 6) is 0. The van der Waals surface area contributed by atoms with Crippen LogP contribution < -0.4 is 5.30 Å². The topological polar surface area (TPSA) is 28.5 Å². The fraction of sp³-hybridized carbons (Fsp3) is 0.476. The molecule has 1 unspecified atom stereocenters. The molecular formula is C21H30N3P. The number of aryl methyl sites for hydroxylation is 2. The zero-order valence-corrected chi connectivity index (χ0v) is 17.1. The van der Waals surface area contributed by atoms with E-state index < -0.39 is 7.21 Å². The lowest BCUT2D eigenvalue weighted by Crippen LogP contribution is -2.35. The van der Waals surface area contributed by atoms with Gasteiger partial charge in [0.25, 0.3) is 0 Å². The van der Waals surface area contributed by atoms with Crippen LogP contribution in [0.5, 0.6) is 0 Å². The van der Waals surface area contributed by atoms with Crippen LogP contribution in [0.25, 0.3) is 0 Å². The summed E-state index contributed by atoms with van der Waals surface area (Å²) in [7, 11) is -1.93. The van der Waals surface area contributed by atoms with Gasteiger partial charge in [-0.2, -0.15) is 0 Å². The number of pyridine rings is 1. The molecule has 134 valence electrons. The van der Waals surface area contributed by atoms with Crippen LogP contribution in [0, 0.1) is 13.8 Å². The first-order valence-electron chi connectivity index (χ1n) is 9.20. The minimum Gasteiger partial charge on any atom is -0.265 e. The third-order valence-corrected chi connectivity index (χ3v) is 9.67. The van der Waals surface area contributed by atoms with Crippen LogP contribution in [0.4, 0.5) is 5.69 Å². The van der Waals surface area contributed by atoms with Crippen LogP contribution in [-0.2, 0) is 0 Å². The molecule has 1 aromatic heterocycles. The van der Waals surface area contributed by atoms with E-state index in [0.717, 1.165) is 18.8 Å². The molecule has 0 amide bonds. The van der Waals surface area contributed by atoms with Gasteiger partial charge in [0.15, 0.2) is 0 Å². The molecule has 0 radical (unpaired) electrons. The minimum absolute atomic E-state index is 0.0655. The van der Waals surface area contributed by atoms with Crippen molar-refractivity contribution < 1.29 is 0 Å². The lowest BCUT2D eigenvalue weighted by molar-refractivity contribution is 0.538. The summed E-state index contributed by atoms with van der Waals surface area (Å²) in [5.41, 5.74) is 3.70. The number of benzene rings is 1. The molecule has 1 saturated heterocycles. The van der Waals surface area contributed by atoms with Gasteiger partial charge in [-0.1, -0.05) is 38.5 Å². The van der Waals surface area contributed by atoms with Crippen LogP contribution in [0.3, 0.4) is 0 Å². The normalized spacial score (nSPS) is 18.1. The molecule has 0 aliphatic carbocycles. The quantitative estimate of drug-likeness (QED) is 0.664.